The van der Waals surface area contributed by atoms with Gasteiger partial charge >= 0.3 is 6.18 Å². The SMILES string of the molecule is COc1ccc(C)cc1S(=O)(=O)N(CC(=O)N[C@@H](C)CCc1ccccc1)c1cccc(C(F)(F)F)c1. The maximum absolute atomic E-state index is 13.7. The number of ether oxygens (including phenoxy) is 1. The molecule has 3 aromatic carbocycles. The normalized spacial score (nSPS) is 12.6. The molecule has 1 N–H and O–H groups in total. The molecule has 6 nitrogen and oxygen atoms in total. The topological polar surface area (TPSA) is 75.7 Å². The van der Waals surface area contributed by atoms with Gasteiger partial charge in [-0.1, -0.05) is 42.5 Å². The second kappa shape index (κ2) is 11.7. The Morgan fingerprint density at radius 3 is 2.38 bits per heavy atom. The van der Waals surface area contributed by atoms with Crippen molar-refractivity contribution in [1.29, 1.82) is 0 Å². The van der Waals surface area contributed by atoms with Gasteiger partial charge in [0.25, 0.3) is 10.0 Å². The summed E-state index contributed by atoms with van der Waals surface area (Å²) in [6, 6.07) is 17.7. The van der Waals surface area contributed by atoms with E-state index >= 15 is 0 Å². The molecule has 3 aromatic rings. The summed E-state index contributed by atoms with van der Waals surface area (Å²) < 4.78 is 73.6. The fourth-order valence-corrected chi connectivity index (χ4v) is 5.46. The van der Waals surface area contributed by atoms with E-state index in [1.54, 1.807) is 19.9 Å². The quantitative estimate of drug-likeness (QED) is 0.380. The van der Waals surface area contributed by atoms with Gasteiger partial charge in [0.2, 0.25) is 5.91 Å². The molecule has 10 heteroatoms. The van der Waals surface area contributed by atoms with Crippen LogP contribution < -0.4 is 14.4 Å². The van der Waals surface area contributed by atoms with Crippen LogP contribution in [0.2, 0.25) is 0 Å². The zero-order valence-electron chi connectivity index (χ0n) is 20.7. The van der Waals surface area contributed by atoms with Crippen LogP contribution in [0.5, 0.6) is 5.75 Å². The first-order valence-corrected chi connectivity index (χ1v) is 13.0. The Hall–Kier alpha value is -3.53. The number of nitrogens with one attached hydrogen (secondary N) is 1. The van der Waals surface area contributed by atoms with Crippen LogP contribution in [0.15, 0.2) is 77.7 Å². The fourth-order valence-electron chi connectivity index (χ4n) is 3.81. The van der Waals surface area contributed by atoms with E-state index in [4.69, 9.17) is 4.74 Å². The van der Waals surface area contributed by atoms with E-state index in [0.717, 1.165) is 17.7 Å². The number of anilines is 1. The molecular weight excluding hydrogens is 505 g/mol. The van der Waals surface area contributed by atoms with Crippen LogP contribution in [0.25, 0.3) is 0 Å². The Morgan fingerprint density at radius 1 is 1.03 bits per heavy atom. The minimum atomic E-state index is -4.69. The lowest BCUT2D eigenvalue weighted by molar-refractivity contribution is -0.137. The number of nitrogens with zero attached hydrogens (tertiary/aromatic N) is 1. The van der Waals surface area contributed by atoms with Gasteiger partial charge in [0.15, 0.2) is 0 Å². The van der Waals surface area contributed by atoms with Crippen LogP contribution in [0.1, 0.15) is 30.0 Å². The van der Waals surface area contributed by atoms with Gasteiger partial charge in [-0.25, -0.2) is 8.42 Å². The van der Waals surface area contributed by atoms with Gasteiger partial charge in [-0.2, -0.15) is 13.2 Å². The Labute approximate surface area is 215 Å². The van der Waals surface area contributed by atoms with Gasteiger partial charge in [-0.15, -0.1) is 0 Å². The van der Waals surface area contributed by atoms with Crippen LogP contribution in [0.3, 0.4) is 0 Å². The second-order valence-corrected chi connectivity index (χ2v) is 10.5. The van der Waals surface area contributed by atoms with E-state index in [0.29, 0.717) is 28.8 Å². The molecule has 0 saturated carbocycles. The highest BCUT2D eigenvalue weighted by Gasteiger charge is 2.34. The van der Waals surface area contributed by atoms with E-state index in [-0.39, 0.29) is 22.4 Å². The molecule has 198 valence electrons. The number of alkyl halides is 3. The smallest absolute Gasteiger partial charge is 0.416 e. The Bertz CT molecular complexity index is 1330. The molecule has 0 bridgehead atoms. The Balaban J connectivity index is 1.92. The molecule has 0 fully saturated rings. The predicted molar refractivity (Wildman–Crippen MR) is 136 cm³/mol. The molecule has 0 saturated heterocycles. The summed E-state index contributed by atoms with van der Waals surface area (Å²) in [5.41, 5.74) is 0.370. The average molecular weight is 535 g/mol. The highest BCUT2D eigenvalue weighted by molar-refractivity contribution is 7.93. The lowest BCUT2D eigenvalue weighted by Crippen LogP contribution is -2.43. The number of carbonyl (C=O) groups excluding carboxylic acids is 1. The van der Waals surface area contributed by atoms with E-state index in [1.807, 2.05) is 30.3 Å². The lowest BCUT2D eigenvalue weighted by atomic mass is 10.1. The van der Waals surface area contributed by atoms with Gasteiger partial charge in [0, 0.05) is 6.04 Å². The monoisotopic (exact) mass is 534 g/mol. The van der Waals surface area contributed by atoms with Crippen molar-refractivity contribution < 1.29 is 31.1 Å². The molecule has 1 atom stereocenters. The Morgan fingerprint density at radius 2 is 1.73 bits per heavy atom. The highest BCUT2D eigenvalue weighted by atomic mass is 32.2. The number of amides is 1. The maximum Gasteiger partial charge on any atom is 0.416 e. The molecule has 37 heavy (non-hydrogen) atoms. The van der Waals surface area contributed by atoms with Crippen molar-refractivity contribution >= 4 is 21.6 Å². The van der Waals surface area contributed by atoms with E-state index in [2.05, 4.69) is 5.32 Å². The zero-order valence-corrected chi connectivity index (χ0v) is 21.6. The van der Waals surface area contributed by atoms with Gasteiger partial charge in [0.05, 0.1) is 18.4 Å². The number of carbonyl (C=O) groups is 1. The zero-order chi connectivity index (χ0) is 27.2. The first-order chi connectivity index (χ1) is 17.4. The number of hydrogen-bond acceptors (Lipinski definition) is 4. The summed E-state index contributed by atoms with van der Waals surface area (Å²) in [5.74, 6) is -0.632. The van der Waals surface area contributed by atoms with Gasteiger partial charge in [0.1, 0.15) is 17.2 Å². The molecule has 0 aliphatic rings. The summed E-state index contributed by atoms with van der Waals surface area (Å²) in [5, 5.41) is 2.76. The van der Waals surface area contributed by atoms with Gasteiger partial charge in [-0.05, 0) is 68.1 Å². The number of benzene rings is 3. The number of rotatable bonds is 10. The van der Waals surface area contributed by atoms with Crippen LogP contribution in [0.4, 0.5) is 18.9 Å². The highest BCUT2D eigenvalue weighted by Crippen LogP contribution is 2.35. The summed E-state index contributed by atoms with van der Waals surface area (Å²) in [6.07, 6.45) is -3.41. The van der Waals surface area contributed by atoms with Crippen molar-refractivity contribution in [3.8, 4) is 5.75 Å². The van der Waals surface area contributed by atoms with Gasteiger partial charge in [-0.3, -0.25) is 9.10 Å². The summed E-state index contributed by atoms with van der Waals surface area (Å²) in [7, 11) is -3.20. The predicted octanol–water partition coefficient (Wildman–Crippen LogP) is 5.36. The third-order valence-corrected chi connectivity index (χ3v) is 7.55. The maximum atomic E-state index is 13.7. The van der Waals surface area contributed by atoms with E-state index in [1.165, 1.54) is 25.3 Å². The van der Waals surface area contributed by atoms with Crippen LogP contribution in [-0.4, -0.2) is 34.0 Å². The molecule has 0 unspecified atom stereocenters. The molecule has 0 spiro atoms. The van der Waals surface area contributed by atoms with Crippen LogP contribution in [-0.2, 0) is 27.4 Å². The fraction of sp³-hybridized carbons (Fsp3) is 0.296. The second-order valence-electron chi connectivity index (χ2n) is 8.71. The minimum absolute atomic E-state index is 0.0132. The van der Waals surface area contributed by atoms with Crippen LogP contribution >= 0.6 is 0 Å². The van der Waals surface area contributed by atoms with E-state index in [9.17, 15) is 26.4 Å². The van der Waals surface area contributed by atoms with Crippen LogP contribution in [0, 0.1) is 6.92 Å². The number of aryl methyl sites for hydroxylation is 2. The number of hydrogen-bond donors (Lipinski definition) is 1. The lowest BCUT2D eigenvalue weighted by Gasteiger charge is -2.26. The molecule has 1 amide bonds. The van der Waals surface area contributed by atoms with Crippen molar-refractivity contribution in [3.63, 3.8) is 0 Å². The summed E-state index contributed by atoms with van der Waals surface area (Å²) in [4.78, 5) is 12.7. The first-order valence-electron chi connectivity index (χ1n) is 11.6. The average Bonchev–Trinajstić information content (AvgIpc) is 2.86. The van der Waals surface area contributed by atoms with Crippen molar-refractivity contribution in [1.82, 2.24) is 5.32 Å². The number of halogens is 3. The summed E-state index contributed by atoms with van der Waals surface area (Å²) in [6.45, 7) is 2.75. The van der Waals surface area contributed by atoms with Crippen molar-refractivity contribution in [2.24, 2.45) is 0 Å². The van der Waals surface area contributed by atoms with E-state index < -0.39 is 34.2 Å². The molecule has 0 aromatic heterocycles. The molecule has 0 heterocycles. The first kappa shape index (κ1) is 28.0. The third-order valence-electron chi connectivity index (χ3n) is 5.75. The largest absolute Gasteiger partial charge is 0.495 e. The molecule has 0 radical (unpaired) electrons. The van der Waals surface area contributed by atoms with Crippen molar-refractivity contribution in [2.75, 3.05) is 18.0 Å². The number of methoxy groups -OCH3 is 1. The summed E-state index contributed by atoms with van der Waals surface area (Å²) >= 11 is 0. The molecule has 0 aliphatic heterocycles. The van der Waals surface area contributed by atoms with Gasteiger partial charge < -0.3 is 10.1 Å². The number of sulfonamides is 1. The third kappa shape index (κ3) is 7.25. The Kier molecular flexibility index (Phi) is 8.85. The molecule has 3 rings (SSSR count). The van der Waals surface area contributed by atoms with Crippen molar-refractivity contribution in [3.05, 3.63) is 89.5 Å². The standard InChI is InChI=1S/C27H29F3N2O4S/c1-19-12-15-24(36-3)25(16-19)37(34,35)32(23-11-7-10-22(17-23)27(28,29)30)18-26(33)31-20(2)13-14-21-8-5-4-6-9-21/h4-12,15-17,20H,13-14,18H2,1-3H3,(H,31,33)/t20-/m0/s1. The minimum Gasteiger partial charge on any atom is -0.495 e. The van der Waals surface area contributed by atoms with Crippen molar-refractivity contribution in [2.45, 2.75) is 43.8 Å². The molecule has 0 aliphatic carbocycles. The molecular formula is C27H29F3N2O4S.